The van der Waals surface area contributed by atoms with Gasteiger partial charge in [0.15, 0.2) is 0 Å². The van der Waals surface area contributed by atoms with Crippen LogP contribution in [0.4, 0.5) is 34.1 Å². The Balaban J connectivity index is 1.08. The molecule has 0 N–H and O–H groups in total. The van der Waals surface area contributed by atoms with Gasteiger partial charge in [0.2, 0.25) is 0 Å². The fraction of sp³-hybridized carbons (Fsp3) is 0.0333. The molecule has 4 heterocycles. The minimum absolute atomic E-state index is 0.308. The smallest absolute Gasteiger partial charge is 0.342 e. The van der Waals surface area contributed by atoms with Crippen molar-refractivity contribution < 1.29 is 8.83 Å². The van der Waals surface area contributed by atoms with Crippen LogP contribution < -0.4 is 26.6 Å². The molecule has 0 radical (unpaired) electrons. The molecule has 2 aromatic heterocycles. The molecule has 11 aromatic carbocycles. The summed E-state index contributed by atoms with van der Waals surface area (Å²) in [4.78, 5) is 4.98. The quantitative estimate of drug-likeness (QED) is 0.128. The van der Waals surface area contributed by atoms with Gasteiger partial charge in [-0.2, -0.15) is 0 Å². The van der Waals surface area contributed by atoms with Crippen LogP contribution in [0.15, 0.2) is 197 Å². The largest absolute Gasteiger partial charge is 0.468 e. The highest BCUT2D eigenvalue weighted by atomic mass is 16.3. The van der Waals surface area contributed by atoms with E-state index in [9.17, 15) is 0 Å². The molecular weight excluding hydrogens is 791 g/mol. The van der Waals surface area contributed by atoms with Crippen molar-refractivity contribution >= 4 is 144 Å². The van der Waals surface area contributed by atoms with Gasteiger partial charge < -0.3 is 18.6 Å². The maximum absolute atomic E-state index is 7.26. The molecule has 4 nitrogen and oxygen atoms in total. The third-order valence-corrected chi connectivity index (χ3v) is 14.5. The number of fused-ring (bicyclic) bond motifs is 20. The molecule has 302 valence electrons. The van der Waals surface area contributed by atoms with Crippen LogP contribution in [0.1, 0.15) is 11.1 Å². The zero-order valence-corrected chi connectivity index (χ0v) is 35.7. The van der Waals surface area contributed by atoms with E-state index in [2.05, 4.69) is 212 Å². The first kappa shape index (κ1) is 35.2. The van der Waals surface area contributed by atoms with Crippen LogP contribution in [0.3, 0.4) is 0 Å². The molecule has 0 spiro atoms. The van der Waals surface area contributed by atoms with Crippen molar-refractivity contribution in [3.8, 4) is 0 Å². The van der Waals surface area contributed by atoms with Crippen LogP contribution in [-0.2, 0) is 0 Å². The van der Waals surface area contributed by atoms with Gasteiger partial charge in [-0.1, -0.05) is 145 Å². The maximum atomic E-state index is 7.26. The number of hydrogen-bond acceptors (Lipinski definition) is 4. The molecule has 15 rings (SSSR count). The second-order valence-electron chi connectivity index (χ2n) is 18.1. The summed E-state index contributed by atoms with van der Waals surface area (Å²) in [5.41, 5.74) is 13.5. The summed E-state index contributed by atoms with van der Waals surface area (Å²) in [6, 6.07) is 69.2. The third kappa shape index (κ3) is 4.61. The van der Waals surface area contributed by atoms with Gasteiger partial charge in [-0.3, -0.25) is 0 Å². The Morgan fingerprint density at radius 3 is 1.31 bits per heavy atom. The van der Waals surface area contributed by atoms with Crippen molar-refractivity contribution in [2.45, 2.75) is 13.8 Å². The summed E-state index contributed by atoms with van der Waals surface area (Å²) in [7, 11) is 0. The third-order valence-electron chi connectivity index (χ3n) is 14.5. The second kappa shape index (κ2) is 12.7. The van der Waals surface area contributed by atoms with E-state index in [1.54, 1.807) is 0 Å². The average molecular weight is 829 g/mol. The van der Waals surface area contributed by atoms with Gasteiger partial charge in [-0.05, 0) is 133 Å². The lowest BCUT2D eigenvalue weighted by Crippen LogP contribution is -2.60. The monoisotopic (exact) mass is 828 g/mol. The summed E-state index contributed by atoms with van der Waals surface area (Å²) in [5.74, 6) is 0. The van der Waals surface area contributed by atoms with Gasteiger partial charge in [0.1, 0.15) is 22.5 Å². The van der Waals surface area contributed by atoms with Gasteiger partial charge in [0.05, 0.1) is 17.1 Å². The highest BCUT2D eigenvalue weighted by molar-refractivity contribution is 6.99. The molecule has 0 aliphatic carbocycles. The number of benzene rings is 11. The molecule has 2 aliphatic rings. The predicted octanol–water partition coefficient (Wildman–Crippen LogP) is 14.8. The Kier molecular flexibility index (Phi) is 6.87. The molecule has 0 saturated carbocycles. The van der Waals surface area contributed by atoms with Crippen LogP contribution in [0.25, 0.3) is 86.6 Å². The summed E-state index contributed by atoms with van der Waals surface area (Å²) in [6.45, 7) is 4.03. The first-order valence-corrected chi connectivity index (χ1v) is 22.5. The summed E-state index contributed by atoms with van der Waals surface area (Å²) in [5, 5.41) is 17.1. The Bertz CT molecular complexity index is 4170. The molecule has 0 amide bonds. The number of anilines is 6. The van der Waals surface area contributed by atoms with E-state index in [1.165, 1.54) is 75.8 Å². The number of rotatable bonds is 2. The zero-order chi connectivity index (χ0) is 42.7. The topological polar surface area (TPSA) is 32.8 Å². The van der Waals surface area contributed by atoms with E-state index in [0.717, 1.165) is 72.8 Å². The van der Waals surface area contributed by atoms with Gasteiger partial charge in [0.25, 0.3) is 0 Å². The molecular formula is C60H37BN2O2. The minimum Gasteiger partial charge on any atom is -0.468 e. The Morgan fingerprint density at radius 1 is 0.338 bits per heavy atom. The first-order valence-electron chi connectivity index (χ1n) is 22.5. The maximum Gasteiger partial charge on any atom is 0.342 e. The SMILES string of the molecule is Cc1ccc2oc3c(c2c1)N(c1ccc2c4ccccc4c4ccccc4c2c1)c1cccc2c1B3c1oc3ccc(C)cc3c1N2c1cccc2c3ccccc3c3ccccc3c12. The number of nitrogens with zero attached hydrogens (tertiary/aromatic N) is 2. The first-order chi connectivity index (χ1) is 32.1. The standard InChI is InChI=1S/C60H37BN2O2/c1-34-25-29-53-48(31-34)57-59(64-53)61-56-51(62(57)36-27-28-44-39-15-4-3-13-37(39)38-14-6-8-19-43(38)47(44)33-36)23-12-24-52(56)63(58-49-32-35(2)26-30-54(49)65-60(58)61)50-22-11-21-46-42-17-7-5-16-40(42)41-18-9-10-20-45(41)55(46)50/h3-33H,1-2H3. The molecule has 2 aliphatic heterocycles. The number of aryl methyl sites for hydroxylation is 2. The van der Waals surface area contributed by atoms with Crippen LogP contribution >= 0.6 is 0 Å². The highest BCUT2D eigenvalue weighted by Gasteiger charge is 2.50. The summed E-state index contributed by atoms with van der Waals surface area (Å²) >= 11 is 0. The van der Waals surface area contributed by atoms with Crippen molar-refractivity contribution in [1.82, 2.24) is 0 Å². The van der Waals surface area contributed by atoms with Crippen molar-refractivity contribution in [2.24, 2.45) is 0 Å². The molecule has 0 saturated heterocycles. The average Bonchev–Trinajstić information content (AvgIpc) is 3.92. The molecule has 0 bridgehead atoms. The number of hydrogen-bond donors (Lipinski definition) is 0. The molecule has 5 heteroatoms. The van der Waals surface area contributed by atoms with Crippen molar-refractivity contribution in [3.05, 3.63) is 199 Å². The minimum atomic E-state index is -0.308. The van der Waals surface area contributed by atoms with E-state index in [4.69, 9.17) is 8.83 Å². The van der Waals surface area contributed by atoms with E-state index in [0.29, 0.717) is 0 Å². The normalized spacial score (nSPS) is 13.3. The lowest BCUT2D eigenvalue weighted by molar-refractivity contribution is 0.637. The molecule has 13 aromatic rings. The van der Waals surface area contributed by atoms with E-state index >= 15 is 0 Å². The molecule has 65 heavy (non-hydrogen) atoms. The van der Waals surface area contributed by atoms with Crippen LogP contribution in [0, 0.1) is 13.8 Å². The second-order valence-corrected chi connectivity index (χ2v) is 18.1. The Hall–Kier alpha value is -8.28. The fourth-order valence-corrected chi connectivity index (χ4v) is 11.8. The van der Waals surface area contributed by atoms with E-state index in [1.807, 2.05) is 0 Å². The van der Waals surface area contributed by atoms with Gasteiger partial charge in [0, 0.05) is 33.2 Å². The summed E-state index contributed by atoms with van der Waals surface area (Å²) < 4.78 is 14.5. The van der Waals surface area contributed by atoms with Crippen molar-refractivity contribution in [1.29, 1.82) is 0 Å². The highest BCUT2D eigenvalue weighted by Crippen LogP contribution is 2.52. The van der Waals surface area contributed by atoms with Crippen LogP contribution in [0.2, 0.25) is 0 Å². The predicted molar refractivity (Wildman–Crippen MR) is 275 cm³/mol. The van der Waals surface area contributed by atoms with Crippen LogP contribution in [-0.4, -0.2) is 6.71 Å². The van der Waals surface area contributed by atoms with E-state index < -0.39 is 0 Å². The van der Waals surface area contributed by atoms with Gasteiger partial charge >= 0.3 is 6.71 Å². The van der Waals surface area contributed by atoms with Crippen molar-refractivity contribution in [3.63, 3.8) is 0 Å². The molecule has 0 unspecified atom stereocenters. The Morgan fingerprint density at radius 2 is 0.754 bits per heavy atom. The fourth-order valence-electron chi connectivity index (χ4n) is 11.8. The summed E-state index contributed by atoms with van der Waals surface area (Å²) in [6.07, 6.45) is 0. The lowest BCUT2D eigenvalue weighted by atomic mass is 9.37. The lowest BCUT2D eigenvalue weighted by Gasteiger charge is -2.41. The van der Waals surface area contributed by atoms with Crippen molar-refractivity contribution in [2.75, 3.05) is 9.80 Å². The van der Waals surface area contributed by atoms with Crippen LogP contribution in [0.5, 0.6) is 0 Å². The number of furan rings is 2. The van der Waals surface area contributed by atoms with Gasteiger partial charge in [-0.15, -0.1) is 0 Å². The van der Waals surface area contributed by atoms with E-state index in [-0.39, 0.29) is 6.71 Å². The zero-order valence-electron chi connectivity index (χ0n) is 35.7. The van der Waals surface area contributed by atoms with Gasteiger partial charge in [-0.25, -0.2) is 0 Å². The molecule has 0 atom stereocenters. The molecule has 0 fully saturated rings. The Labute approximate surface area is 374 Å².